The highest BCUT2D eigenvalue weighted by Gasteiger charge is 1.94. The molecule has 2 nitrogen and oxygen atoms in total. The minimum absolute atomic E-state index is 0.798. The van der Waals surface area contributed by atoms with Gasteiger partial charge in [0.05, 0.1) is 6.20 Å². The van der Waals surface area contributed by atoms with E-state index < -0.39 is 0 Å². The Kier molecular flexibility index (Phi) is 2.05. The summed E-state index contributed by atoms with van der Waals surface area (Å²) in [4.78, 5) is 0. The maximum Gasteiger partial charge on any atom is 0.0562 e. The molecule has 0 atom stereocenters. The molecule has 0 fully saturated rings. The van der Waals surface area contributed by atoms with Gasteiger partial charge in [-0.15, -0.1) is 0 Å². The van der Waals surface area contributed by atoms with Crippen molar-refractivity contribution in [1.29, 1.82) is 0 Å². The van der Waals surface area contributed by atoms with Crippen LogP contribution in [0.25, 0.3) is 5.57 Å². The maximum absolute atomic E-state index is 3.81. The number of alkyl halides is 1. The predicted octanol–water partition coefficient (Wildman–Crippen LogP) is 1.82. The fourth-order valence-corrected chi connectivity index (χ4v) is 0.845. The molecule has 1 aromatic rings. The van der Waals surface area contributed by atoms with E-state index in [1.165, 1.54) is 0 Å². The van der Waals surface area contributed by atoms with E-state index in [2.05, 4.69) is 32.7 Å². The molecule has 3 heteroatoms. The van der Waals surface area contributed by atoms with Crippen LogP contribution >= 0.6 is 15.9 Å². The molecule has 9 heavy (non-hydrogen) atoms. The van der Waals surface area contributed by atoms with Crippen molar-refractivity contribution in [2.45, 2.75) is 0 Å². The van der Waals surface area contributed by atoms with Gasteiger partial charge in [-0.2, -0.15) is 5.10 Å². The highest BCUT2D eigenvalue weighted by atomic mass is 79.9. The SMILES string of the molecule is C=C(CBr)c1cn[nH]c1. The van der Waals surface area contributed by atoms with Crippen molar-refractivity contribution >= 4 is 21.5 Å². The van der Waals surface area contributed by atoms with E-state index in [-0.39, 0.29) is 0 Å². The summed E-state index contributed by atoms with van der Waals surface area (Å²) in [6, 6.07) is 0. The Morgan fingerprint density at radius 3 is 3.11 bits per heavy atom. The third-order valence-electron chi connectivity index (χ3n) is 1.07. The first-order valence-electron chi connectivity index (χ1n) is 2.57. The van der Waals surface area contributed by atoms with Crippen LogP contribution in [0.5, 0.6) is 0 Å². The molecule has 1 heterocycles. The molecule has 0 aromatic carbocycles. The smallest absolute Gasteiger partial charge is 0.0562 e. The standard InChI is InChI=1S/C6H7BrN2/c1-5(2-7)6-3-8-9-4-6/h3-4H,1-2H2,(H,8,9). The number of allylic oxidation sites excluding steroid dienone is 1. The predicted molar refractivity (Wildman–Crippen MR) is 41.4 cm³/mol. The Balaban J connectivity index is 2.77. The fraction of sp³-hybridized carbons (Fsp3) is 0.167. The third-order valence-corrected chi connectivity index (χ3v) is 1.74. The van der Waals surface area contributed by atoms with E-state index in [4.69, 9.17) is 0 Å². The first kappa shape index (κ1) is 6.55. The molecule has 1 N–H and O–H groups in total. The van der Waals surface area contributed by atoms with Crippen molar-refractivity contribution in [1.82, 2.24) is 10.2 Å². The van der Waals surface area contributed by atoms with E-state index in [0.29, 0.717) is 0 Å². The molecule has 0 aliphatic heterocycles. The molecular weight excluding hydrogens is 180 g/mol. The van der Waals surface area contributed by atoms with Gasteiger partial charge in [0.2, 0.25) is 0 Å². The quantitative estimate of drug-likeness (QED) is 0.702. The molecule has 0 aliphatic rings. The molecule has 1 aromatic heterocycles. The van der Waals surface area contributed by atoms with E-state index in [0.717, 1.165) is 16.5 Å². The van der Waals surface area contributed by atoms with Gasteiger partial charge in [0.15, 0.2) is 0 Å². The number of hydrogen-bond donors (Lipinski definition) is 1. The van der Waals surface area contributed by atoms with Crippen LogP contribution in [-0.4, -0.2) is 15.5 Å². The normalized spacial score (nSPS) is 9.44. The van der Waals surface area contributed by atoms with Crippen LogP contribution < -0.4 is 0 Å². The molecular formula is C6H7BrN2. The Morgan fingerprint density at radius 1 is 1.89 bits per heavy atom. The lowest BCUT2D eigenvalue weighted by Gasteiger charge is -1.91. The highest BCUT2D eigenvalue weighted by molar-refractivity contribution is 9.09. The van der Waals surface area contributed by atoms with Crippen molar-refractivity contribution in [3.05, 3.63) is 24.5 Å². The average Bonchev–Trinajstić information content (AvgIpc) is 2.37. The van der Waals surface area contributed by atoms with Gasteiger partial charge in [0.25, 0.3) is 0 Å². The van der Waals surface area contributed by atoms with Crippen LogP contribution in [0, 0.1) is 0 Å². The second-order valence-electron chi connectivity index (χ2n) is 1.72. The molecule has 48 valence electrons. The van der Waals surface area contributed by atoms with E-state index >= 15 is 0 Å². The molecule has 0 spiro atoms. The van der Waals surface area contributed by atoms with Crippen molar-refractivity contribution in [3.8, 4) is 0 Å². The number of rotatable bonds is 2. The number of H-pyrrole nitrogens is 1. The molecule has 1 rings (SSSR count). The third kappa shape index (κ3) is 1.42. The minimum atomic E-state index is 0.798. The molecule has 0 unspecified atom stereocenters. The maximum atomic E-state index is 3.81. The molecule has 0 radical (unpaired) electrons. The summed E-state index contributed by atoms with van der Waals surface area (Å²) in [5.74, 6) is 0. The zero-order valence-electron chi connectivity index (χ0n) is 4.89. The van der Waals surface area contributed by atoms with Crippen molar-refractivity contribution in [2.75, 3.05) is 5.33 Å². The lowest BCUT2D eigenvalue weighted by Crippen LogP contribution is -1.77. The number of nitrogens with zero attached hydrogens (tertiary/aromatic N) is 1. The minimum Gasteiger partial charge on any atom is -0.285 e. The van der Waals surface area contributed by atoms with Gasteiger partial charge < -0.3 is 0 Å². The second-order valence-corrected chi connectivity index (χ2v) is 2.28. The molecule has 0 bridgehead atoms. The first-order chi connectivity index (χ1) is 4.34. The number of aromatic amines is 1. The van der Waals surface area contributed by atoms with Gasteiger partial charge in [-0.3, -0.25) is 5.10 Å². The Morgan fingerprint density at radius 2 is 2.67 bits per heavy atom. The van der Waals surface area contributed by atoms with Crippen LogP contribution in [0.1, 0.15) is 5.56 Å². The summed E-state index contributed by atoms with van der Waals surface area (Å²) in [6.07, 6.45) is 3.58. The number of nitrogens with one attached hydrogen (secondary N) is 1. The Labute approximate surface area is 62.1 Å². The monoisotopic (exact) mass is 186 g/mol. The van der Waals surface area contributed by atoms with Crippen LogP contribution in [0.2, 0.25) is 0 Å². The lowest BCUT2D eigenvalue weighted by atomic mass is 10.2. The summed E-state index contributed by atoms with van der Waals surface area (Å²) in [6.45, 7) is 3.81. The number of aromatic nitrogens is 2. The lowest BCUT2D eigenvalue weighted by molar-refractivity contribution is 1.09. The van der Waals surface area contributed by atoms with Crippen molar-refractivity contribution in [2.24, 2.45) is 0 Å². The zero-order chi connectivity index (χ0) is 6.69. The fourth-order valence-electron chi connectivity index (χ4n) is 0.521. The van der Waals surface area contributed by atoms with Gasteiger partial charge in [-0.05, 0) is 5.57 Å². The molecule has 0 amide bonds. The van der Waals surface area contributed by atoms with Gasteiger partial charge >= 0.3 is 0 Å². The number of halogens is 1. The van der Waals surface area contributed by atoms with Gasteiger partial charge in [0.1, 0.15) is 0 Å². The first-order valence-corrected chi connectivity index (χ1v) is 3.69. The number of hydrogen-bond acceptors (Lipinski definition) is 1. The van der Waals surface area contributed by atoms with E-state index in [1.807, 2.05) is 6.20 Å². The summed E-state index contributed by atoms with van der Waals surface area (Å²) >= 11 is 3.29. The van der Waals surface area contributed by atoms with E-state index in [9.17, 15) is 0 Å². The van der Waals surface area contributed by atoms with Crippen molar-refractivity contribution < 1.29 is 0 Å². The van der Waals surface area contributed by atoms with Gasteiger partial charge in [-0.25, -0.2) is 0 Å². The summed E-state index contributed by atoms with van der Waals surface area (Å²) < 4.78 is 0. The molecule has 0 aliphatic carbocycles. The largest absolute Gasteiger partial charge is 0.285 e. The van der Waals surface area contributed by atoms with Crippen molar-refractivity contribution in [3.63, 3.8) is 0 Å². The Hall–Kier alpha value is -0.570. The van der Waals surface area contributed by atoms with E-state index in [1.54, 1.807) is 6.20 Å². The van der Waals surface area contributed by atoms with Gasteiger partial charge in [0, 0.05) is 17.1 Å². The summed E-state index contributed by atoms with van der Waals surface area (Å²) in [5, 5.41) is 7.30. The highest BCUT2D eigenvalue weighted by Crippen LogP contribution is 2.10. The van der Waals surface area contributed by atoms with Crippen LogP contribution in [0.3, 0.4) is 0 Å². The van der Waals surface area contributed by atoms with Crippen LogP contribution in [0.15, 0.2) is 19.0 Å². The second kappa shape index (κ2) is 2.82. The topological polar surface area (TPSA) is 28.7 Å². The average molecular weight is 187 g/mol. The van der Waals surface area contributed by atoms with Crippen LogP contribution in [0.4, 0.5) is 0 Å². The summed E-state index contributed by atoms with van der Waals surface area (Å²) in [7, 11) is 0. The Bertz CT molecular complexity index is 191. The zero-order valence-corrected chi connectivity index (χ0v) is 6.48. The van der Waals surface area contributed by atoms with Crippen LogP contribution in [-0.2, 0) is 0 Å². The molecule has 0 saturated carbocycles. The summed E-state index contributed by atoms with van der Waals surface area (Å²) in [5.41, 5.74) is 2.11. The van der Waals surface area contributed by atoms with Gasteiger partial charge in [-0.1, -0.05) is 22.5 Å². The molecule has 0 saturated heterocycles.